The van der Waals surface area contributed by atoms with Crippen LogP contribution in [0.1, 0.15) is 51.0 Å². The van der Waals surface area contributed by atoms with Gasteiger partial charge < -0.3 is 5.32 Å². The van der Waals surface area contributed by atoms with Crippen LogP contribution >= 0.6 is 0 Å². The van der Waals surface area contributed by atoms with E-state index in [-0.39, 0.29) is 0 Å². The molecule has 1 saturated carbocycles. The Morgan fingerprint density at radius 1 is 1.14 bits per heavy atom. The normalized spacial score (nSPS) is 18.5. The summed E-state index contributed by atoms with van der Waals surface area (Å²) in [5, 5.41) is 4.98. The van der Waals surface area contributed by atoms with E-state index in [0.29, 0.717) is 6.04 Å². The first-order chi connectivity index (χ1) is 10.3. The van der Waals surface area contributed by atoms with Gasteiger partial charge in [-0.15, -0.1) is 0 Å². The molecule has 0 spiro atoms. The Morgan fingerprint density at radius 2 is 1.95 bits per heavy atom. The van der Waals surface area contributed by atoms with Gasteiger partial charge in [-0.05, 0) is 49.4 Å². The molecule has 1 N–H and O–H groups in total. The molecule has 1 aliphatic rings. The lowest BCUT2D eigenvalue weighted by Crippen LogP contribution is -2.32. The van der Waals surface area contributed by atoms with E-state index in [1.54, 1.807) is 0 Å². The second kappa shape index (κ2) is 7.04. The summed E-state index contributed by atoms with van der Waals surface area (Å²) in [5.74, 6) is 0.856. The number of pyridine rings is 1. The number of nitrogens with one attached hydrogen (secondary N) is 1. The summed E-state index contributed by atoms with van der Waals surface area (Å²) in [7, 11) is 0. The van der Waals surface area contributed by atoms with Crippen LogP contribution in [-0.2, 0) is 6.54 Å². The fraction of sp³-hybridized carbons (Fsp3) is 0.526. The Hall–Kier alpha value is -1.41. The van der Waals surface area contributed by atoms with Crippen molar-refractivity contribution in [3.63, 3.8) is 0 Å². The highest BCUT2D eigenvalue weighted by molar-refractivity contribution is 5.78. The molecule has 0 saturated heterocycles. The van der Waals surface area contributed by atoms with Gasteiger partial charge in [-0.1, -0.05) is 37.8 Å². The van der Waals surface area contributed by atoms with Gasteiger partial charge in [0.1, 0.15) is 0 Å². The predicted octanol–water partition coefficient (Wildman–Crippen LogP) is 4.68. The zero-order chi connectivity index (χ0) is 14.5. The van der Waals surface area contributed by atoms with E-state index in [1.165, 1.54) is 49.5 Å². The summed E-state index contributed by atoms with van der Waals surface area (Å²) in [5.41, 5.74) is 2.44. The van der Waals surface area contributed by atoms with E-state index >= 15 is 0 Å². The van der Waals surface area contributed by atoms with E-state index < -0.39 is 0 Å². The number of fused-ring (bicyclic) bond motifs is 1. The molecule has 1 heterocycles. The number of benzene rings is 1. The van der Waals surface area contributed by atoms with Gasteiger partial charge in [-0.25, -0.2) is 0 Å². The molecule has 2 heteroatoms. The van der Waals surface area contributed by atoms with Crippen molar-refractivity contribution in [1.29, 1.82) is 0 Å². The molecule has 21 heavy (non-hydrogen) atoms. The van der Waals surface area contributed by atoms with E-state index in [2.05, 4.69) is 41.5 Å². The predicted molar refractivity (Wildman–Crippen MR) is 89.2 cm³/mol. The van der Waals surface area contributed by atoms with Crippen molar-refractivity contribution in [3.8, 4) is 0 Å². The lowest BCUT2D eigenvalue weighted by atomic mass is 9.93. The maximum Gasteiger partial charge on any atom is 0.0702 e. The van der Waals surface area contributed by atoms with Gasteiger partial charge >= 0.3 is 0 Å². The molecule has 2 aromatic rings. The average Bonchev–Trinajstić information content (AvgIpc) is 2.81. The molecule has 1 aliphatic carbocycles. The van der Waals surface area contributed by atoms with E-state index in [0.717, 1.165) is 18.0 Å². The molecule has 1 fully saturated rings. The summed E-state index contributed by atoms with van der Waals surface area (Å²) in [6.07, 6.45) is 10.3. The molecule has 0 bridgehead atoms. The SMILES string of the molecule is C[C@@H](NCc1ccc2ncccc2c1)C1CCCCCC1. The van der Waals surface area contributed by atoms with Gasteiger partial charge in [0, 0.05) is 24.2 Å². The monoisotopic (exact) mass is 282 g/mol. The third-order valence-corrected chi connectivity index (χ3v) is 4.90. The Labute approximate surface area is 128 Å². The molecule has 3 rings (SSSR count). The van der Waals surface area contributed by atoms with Crippen LogP contribution in [0.2, 0.25) is 0 Å². The number of rotatable bonds is 4. The number of hydrogen-bond donors (Lipinski definition) is 1. The van der Waals surface area contributed by atoms with E-state index in [1.807, 2.05) is 12.3 Å². The van der Waals surface area contributed by atoms with E-state index in [4.69, 9.17) is 0 Å². The van der Waals surface area contributed by atoms with Crippen molar-refractivity contribution in [2.45, 2.75) is 58.0 Å². The molecule has 0 unspecified atom stereocenters. The van der Waals surface area contributed by atoms with Crippen molar-refractivity contribution in [1.82, 2.24) is 10.3 Å². The van der Waals surface area contributed by atoms with Crippen molar-refractivity contribution in [2.75, 3.05) is 0 Å². The highest BCUT2D eigenvalue weighted by atomic mass is 14.9. The average molecular weight is 282 g/mol. The van der Waals surface area contributed by atoms with Crippen LogP contribution in [0.25, 0.3) is 10.9 Å². The Morgan fingerprint density at radius 3 is 2.76 bits per heavy atom. The van der Waals surface area contributed by atoms with Crippen LogP contribution in [0.3, 0.4) is 0 Å². The summed E-state index contributed by atoms with van der Waals surface area (Å²) in [6.45, 7) is 3.32. The van der Waals surface area contributed by atoms with Crippen molar-refractivity contribution in [2.24, 2.45) is 5.92 Å². The molecular weight excluding hydrogens is 256 g/mol. The minimum absolute atomic E-state index is 0.618. The first kappa shape index (κ1) is 14.5. The summed E-state index contributed by atoms with van der Waals surface area (Å²) in [6, 6.07) is 11.3. The molecule has 0 amide bonds. The van der Waals surface area contributed by atoms with Gasteiger partial charge in [0.05, 0.1) is 5.52 Å². The zero-order valence-electron chi connectivity index (χ0n) is 13.0. The van der Waals surface area contributed by atoms with Crippen LogP contribution in [0, 0.1) is 5.92 Å². The Bertz CT molecular complexity index is 571. The molecule has 1 aromatic heterocycles. The van der Waals surface area contributed by atoms with Gasteiger partial charge in [-0.3, -0.25) is 4.98 Å². The van der Waals surface area contributed by atoms with Crippen LogP contribution in [0.4, 0.5) is 0 Å². The standard InChI is InChI=1S/C19H26N2/c1-15(17-7-4-2-3-5-8-17)21-14-16-10-11-19-18(13-16)9-6-12-20-19/h6,9-13,15,17,21H,2-5,7-8,14H2,1H3/t15-/m1/s1. The highest BCUT2D eigenvalue weighted by Crippen LogP contribution is 2.25. The fourth-order valence-electron chi connectivity index (χ4n) is 3.49. The number of hydrogen-bond acceptors (Lipinski definition) is 2. The van der Waals surface area contributed by atoms with Gasteiger partial charge in [0.25, 0.3) is 0 Å². The minimum Gasteiger partial charge on any atom is -0.310 e. The molecule has 1 aromatic carbocycles. The van der Waals surface area contributed by atoms with Gasteiger partial charge in [-0.2, -0.15) is 0 Å². The van der Waals surface area contributed by atoms with Crippen LogP contribution < -0.4 is 5.32 Å². The largest absolute Gasteiger partial charge is 0.310 e. The molecule has 0 aliphatic heterocycles. The highest BCUT2D eigenvalue weighted by Gasteiger charge is 2.18. The summed E-state index contributed by atoms with van der Waals surface area (Å²) in [4.78, 5) is 4.38. The zero-order valence-corrected chi connectivity index (χ0v) is 13.0. The Kier molecular flexibility index (Phi) is 4.87. The minimum atomic E-state index is 0.618. The molecule has 1 atom stereocenters. The van der Waals surface area contributed by atoms with Gasteiger partial charge in [0.15, 0.2) is 0 Å². The van der Waals surface area contributed by atoms with Crippen LogP contribution in [-0.4, -0.2) is 11.0 Å². The van der Waals surface area contributed by atoms with E-state index in [9.17, 15) is 0 Å². The maximum absolute atomic E-state index is 4.38. The lowest BCUT2D eigenvalue weighted by Gasteiger charge is -2.23. The topological polar surface area (TPSA) is 24.9 Å². The summed E-state index contributed by atoms with van der Waals surface area (Å²) >= 11 is 0. The molecule has 0 radical (unpaired) electrons. The van der Waals surface area contributed by atoms with Crippen LogP contribution in [0.15, 0.2) is 36.5 Å². The first-order valence-corrected chi connectivity index (χ1v) is 8.40. The maximum atomic E-state index is 4.38. The van der Waals surface area contributed by atoms with Crippen molar-refractivity contribution >= 4 is 10.9 Å². The number of aromatic nitrogens is 1. The van der Waals surface area contributed by atoms with Crippen LogP contribution in [0.5, 0.6) is 0 Å². The second-order valence-electron chi connectivity index (χ2n) is 6.45. The smallest absolute Gasteiger partial charge is 0.0702 e. The second-order valence-corrected chi connectivity index (χ2v) is 6.45. The third-order valence-electron chi connectivity index (χ3n) is 4.90. The lowest BCUT2D eigenvalue weighted by molar-refractivity contribution is 0.337. The molecule has 112 valence electrons. The molecule has 2 nitrogen and oxygen atoms in total. The third kappa shape index (κ3) is 3.82. The first-order valence-electron chi connectivity index (χ1n) is 8.40. The summed E-state index contributed by atoms with van der Waals surface area (Å²) < 4.78 is 0. The Balaban J connectivity index is 1.60. The van der Waals surface area contributed by atoms with Gasteiger partial charge in [0.2, 0.25) is 0 Å². The van der Waals surface area contributed by atoms with Crippen molar-refractivity contribution < 1.29 is 0 Å². The van der Waals surface area contributed by atoms with Crippen molar-refractivity contribution in [3.05, 3.63) is 42.1 Å². The quantitative estimate of drug-likeness (QED) is 0.823. The molecular formula is C19H26N2. The number of nitrogens with zero attached hydrogens (tertiary/aromatic N) is 1. The fourth-order valence-corrected chi connectivity index (χ4v) is 3.49.